The molecule has 2 unspecified atom stereocenters. The van der Waals surface area contributed by atoms with E-state index in [1.165, 1.54) is 0 Å². The van der Waals surface area contributed by atoms with Gasteiger partial charge in [0.25, 0.3) is 0 Å². The van der Waals surface area contributed by atoms with Crippen molar-refractivity contribution in [2.24, 2.45) is 11.8 Å². The molecular weight excluding hydrogens is 294 g/mol. The molecular formula is C18H19NO4. The van der Waals surface area contributed by atoms with E-state index in [4.69, 9.17) is 4.74 Å². The number of hydrogen-bond acceptors (Lipinski definition) is 4. The minimum Gasteiger partial charge on any atom is -0.425 e. The quantitative estimate of drug-likeness (QED) is 0.371. The number of allylic oxidation sites excluding steroid dienone is 2. The Bertz CT molecular complexity index is 661. The third kappa shape index (κ3) is 2.79. The second kappa shape index (κ2) is 5.99. The van der Waals surface area contributed by atoms with Crippen LogP contribution < -0.4 is 4.74 Å². The van der Waals surface area contributed by atoms with E-state index in [0.717, 1.165) is 16.0 Å². The molecule has 1 saturated heterocycles. The first-order chi connectivity index (χ1) is 11.0. The number of ether oxygens (including phenoxy) is 1. The van der Waals surface area contributed by atoms with E-state index < -0.39 is 5.97 Å². The Kier molecular flexibility index (Phi) is 4.03. The van der Waals surface area contributed by atoms with Crippen LogP contribution in [0.4, 0.5) is 0 Å². The van der Waals surface area contributed by atoms with E-state index in [1.807, 2.05) is 44.2 Å². The smallest absolute Gasteiger partial charge is 0.331 e. The Balaban J connectivity index is 1.71. The van der Waals surface area contributed by atoms with Gasteiger partial charge in [-0.05, 0) is 37.8 Å². The predicted octanol–water partition coefficient (Wildman–Crippen LogP) is 2.16. The average molecular weight is 313 g/mol. The Morgan fingerprint density at radius 3 is 2.13 bits per heavy atom. The fourth-order valence-electron chi connectivity index (χ4n) is 3.26. The van der Waals surface area contributed by atoms with Crippen molar-refractivity contribution in [3.63, 3.8) is 0 Å². The Morgan fingerprint density at radius 1 is 1.09 bits per heavy atom. The lowest BCUT2D eigenvalue weighted by molar-refractivity contribution is -0.148. The summed E-state index contributed by atoms with van der Waals surface area (Å²) in [4.78, 5) is 37.9. The summed E-state index contributed by atoms with van der Waals surface area (Å²) >= 11 is 0. The van der Waals surface area contributed by atoms with Gasteiger partial charge in [-0.1, -0.05) is 30.4 Å². The first-order valence-corrected chi connectivity index (χ1v) is 7.76. The normalized spacial score (nSPS) is 23.1. The molecule has 1 aromatic carbocycles. The Hall–Kier alpha value is -2.43. The average Bonchev–Trinajstić information content (AvgIpc) is 2.77. The zero-order chi connectivity index (χ0) is 16.6. The van der Waals surface area contributed by atoms with Crippen molar-refractivity contribution in [2.45, 2.75) is 26.7 Å². The zero-order valence-corrected chi connectivity index (χ0v) is 13.2. The minimum atomic E-state index is -0.587. The van der Waals surface area contributed by atoms with Crippen LogP contribution in [0.25, 0.3) is 0 Å². The van der Waals surface area contributed by atoms with E-state index in [9.17, 15) is 14.4 Å². The van der Waals surface area contributed by atoms with Gasteiger partial charge >= 0.3 is 5.97 Å². The number of para-hydroxylation sites is 1. The third-order valence-electron chi connectivity index (χ3n) is 4.51. The first kappa shape index (κ1) is 15.5. The van der Waals surface area contributed by atoms with Crippen molar-refractivity contribution in [3.05, 3.63) is 41.5 Å². The molecule has 3 rings (SSSR count). The van der Waals surface area contributed by atoms with Crippen molar-refractivity contribution in [1.29, 1.82) is 0 Å². The van der Waals surface area contributed by atoms with Gasteiger partial charge in [0.15, 0.2) is 0 Å². The van der Waals surface area contributed by atoms with Crippen molar-refractivity contribution in [3.8, 4) is 5.75 Å². The molecule has 1 fully saturated rings. The summed E-state index contributed by atoms with van der Waals surface area (Å²) in [6.45, 7) is 3.38. The second-order valence-corrected chi connectivity index (χ2v) is 6.11. The number of carbonyl (C=O) groups excluding carboxylic acids is 3. The van der Waals surface area contributed by atoms with Gasteiger partial charge in [0.05, 0.1) is 11.8 Å². The summed E-state index contributed by atoms with van der Waals surface area (Å²) in [6, 6.07) is 5.58. The molecule has 120 valence electrons. The Morgan fingerprint density at radius 2 is 1.61 bits per heavy atom. The maximum atomic E-state index is 12.3. The van der Waals surface area contributed by atoms with E-state index in [1.54, 1.807) is 0 Å². The van der Waals surface area contributed by atoms with Crippen molar-refractivity contribution >= 4 is 17.8 Å². The molecule has 5 nitrogen and oxygen atoms in total. The summed E-state index contributed by atoms with van der Waals surface area (Å²) in [6.07, 6.45) is 4.98. The topological polar surface area (TPSA) is 63.7 Å². The minimum absolute atomic E-state index is 0.261. The lowest BCUT2D eigenvalue weighted by Gasteiger charge is -2.15. The van der Waals surface area contributed by atoms with Crippen LogP contribution in [0.2, 0.25) is 0 Å². The lowest BCUT2D eigenvalue weighted by atomic mass is 9.85. The van der Waals surface area contributed by atoms with E-state index in [2.05, 4.69) is 0 Å². The van der Waals surface area contributed by atoms with Crippen LogP contribution in [0.1, 0.15) is 24.0 Å². The van der Waals surface area contributed by atoms with Gasteiger partial charge in [-0.15, -0.1) is 0 Å². The number of rotatable bonds is 3. The summed E-state index contributed by atoms with van der Waals surface area (Å²) < 4.78 is 5.39. The third-order valence-corrected chi connectivity index (χ3v) is 4.51. The summed E-state index contributed by atoms with van der Waals surface area (Å²) in [5.41, 5.74) is 1.69. The molecule has 2 aliphatic rings. The van der Waals surface area contributed by atoms with Crippen molar-refractivity contribution in [2.75, 3.05) is 6.54 Å². The van der Waals surface area contributed by atoms with Gasteiger partial charge in [-0.2, -0.15) is 0 Å². The van der Waals surface area contributed by atoms with Gasteiger partial charge in [0.1, 0.15) is 12.3 Å². The lowest BCUT2D eigenvalue weighted by Crippen LogP contribution is -2.37. The number of carbonyl (C=O) groups is 3. The van der Waals surface area contributed by atoms with Crippen molar-refractivity contribution < 1.29 is 19.1 Å². The highest BCUT2D eigenvalue weighted by atomic mass is 16.5. The molecule has 0 spiro atoms. The molecule has 1 aliphatic heterocycles. The molecule has 0 bridgehead atoms. The molecule has 1 aromatic rings. The molecule has 0 aromatic heterocycles. The summed E-state index contributed by atoms with van der Waals surface area (Å²) in [7, 11) is 0. The number of hydrogen-bond donors (Lipinski definition) is 0. The van der Waals surface area contributed by atoms with Gasteiger partial charge in [0.2, 0.25) is 11.8 Å². The van der Waals surface area contributed by atoms with Gasteiger partial charge in [-0.25, -0.2) is 4.79 Å². The van der Waals surface area contributed by atoms with Crippen molar-refractivity contribution in [1.82, 2.24) is 4.90 Å². The van der Waals surface area contributed by atoms with Crippen LogP contribution in [0, 0.1) is 25.7 Å². The second-order valence-electron chi connectivity index (χ2n) is 6.11. The van der Waals surface area contributed by atoms with Crippen LogP contribution in [0.15, 0.2) is 30.4 Å². The maximum absolute atomic E-state index is 12.3. The standard InChI is InChI=1S/C18H19NO4/c1-11-6-5-7-12(2)16(11)23-15(20)10-19-17(21)13-8-3-4-9-14(13)18(19)22/h3-7,13-14H,8-10H2,1-2H3. The number of benzene rings is 1. The fourth-order valence-corrected chi connectivity index (χ4v) is 3.26. The molecule has 0 N–H and O–H groups in total. The highest BCUT2D eigenvalue weighted by Gasteiger charge is 2.47. The number of esters is 1. The molecule has 0 saturated carbocycles. The molecule has 0 radical (unpaired) electrons. The predicted molar refractivity (Wildman–Crippen MR) is 83.6 cm³/mol. The molecule has 23 heavy (non-hydrogen) atoms. The van der Waals surface area contributed by atoms with Gasteiger partial charge < -0.3 is 4.74 Å². The number of aryl methyl sites for hydroxylation is 2. The fraction of sp³-hybridized carbons (Fsp3) is 0.389. The van der Waals surface area contributed by atoms with Gasteiger partial charge in [0, 0.05) is 0 Å². The SMILES string of the molecule is Cc1cccc(C)c1OC(=O)CN1C(=O)C2CC=CCC2C1=O. The largest absolute Gasteiger partial charge is 0.425 e. The summed E-state index contributed by atoms with van der Waals surface area (Å²) in [5, 5.41) is 0. The molecule has 5 heteroatoms. The zero-order valence-electron chi connectivity index (χ0n) is 13.2. The molecule has 1 aliphatic carbocycles. The van der Waals surface area contributed by atoms with Crippen LogP contribution in [-0.4, -0.2) is 29.2 Å². The first-order valence-electron chi connectivity index (χ1n) is 7.76. The number of imide groups is 1. The number of nitrogens with zero attached hydrogens (tertiary/aromatic N) is 1. The van der Waals surface area contributed by atoms with E-state index in [-0.39, 0.29) is 30.2 Å². The van der Waals surface area contributed by atoms with Crippen LogP contribution in [0.5, 0.6) is 5.75 Å². The summed E-state index contributed by atoms with van der Waals surface area (Å²) in [5.74, 6) is -1.25. The molecule has 2 amide bonds. The number of amides is 2. The van der Waals surface area contributed by atoms with Gasteiger partial charge in [-0.3, -0.25) is 14.5 Å². The van der Waals surface area contributed by atoms with Crippen LogP contribution in [0.3, 0.4) is 0 Å². The molecule has 1 heterocycles. The maximum Gasteiger partial charge on any atom is 0.331 e. The number of fused-ring (bicyclic) bond motifs is 1. The van der Waals surface area contributed by atoms with Crippen LogP contribution in [-0.2, 0) is 14.4 Å². The highest BCUT2D eigenvalue weighted by Crippen LogP contribution is 2.35. The van der Waals surface area contributed by atoms with Crippen LogP contribution >= 0.6 is 0 Å². The highest BCUT2D eigenvalue weighted by molar-refractivity contribution is 6.07. The molecule has 2 atom stereocenters. The van der Waals surface area contributed by atoms with E-state index >= 15 is 0 Å². The number of likely N-dealkylation sites (tertiary alicyclic amines) is 1. The monoisotopic (exact) mass is 313 g/mol. The van der Waals surface area contributed by atoms with E-state index in [0.29, 0.717) is 18.6 Å². The Labute approximate surface area is 134 Å².